The quantitative estimate of drug-likeness (QED) is 0.250. The molecule has 220 valence electrons. The van der Waals surface area contributed by atoms with Gasteiger partial charge in [0.1, 0.15) is 12.6 Å². The van der Waals surface area contributed by atoms with Crippen molar-refractivity contribution in [1.82, 2.24) is 10.2 Å². The first kappa shape index (κ1) is 32.4. The van der Waals surface area contributed by atoms with E-state index in [4.69, 9.17) is 23.2 Å². The summed E-state index contributed by atoms with van der Waals surface area (Å²) in [6.07, 6.45) is 1.03. The fourth-order valence-corrected chi connectivity index (χ4v) is 6.48. The van der Waals surface area contributed by atoms with Crippen molar-refractivity contribution in [2.24, 2.45) is 0 Å². The first-order valence-electron chi connectivity index (χ1n) is 13.6. The number of aryl methyl sites for hydroxylation is 2. The van der Waals surface area contributed by atoms with Crippen molar-refractivity contribution in [3.05, 3.63) is 93.5 Å². The number of carbonyl (C=O) groups is 2. The molecule has 3 rings (SSSR count). The predicted molar refractivity (Wildman–Crippen MR) is 166 cm³/mol. The minimum atomic E-state index is -4.14. The Morgan fingerprint density at radius 3 is 2.20 bits per heavy atom. The summed E-state index contributed by atoms with van der Waals surface area (Å²) in [5.74, 6) is -0.856. The van der Waals surface area contributed by atoms with E-state index in [0.29, 0.717) is 33.3 Å². The number of hydrogen-bond donors (Lipinski definition) is 1. The van der Waals surface area contributed by atoms with Gasteiger partial charge in [-0.1, -0.05) is 79.0 Å². The lowest BCUT2D eigenvalue weighted by atomic mass is 10.1. The molecule has 0 bridgehead atoms. The van der Waals surface area contributed by atoms with Crippen LogP contribution in [0.4, 0.5) is 5.69 Å². The van der Waals surface area contributed by atoms with Gasteiger partial charge in [0.2, 0.25) is 11.8 Å². The van der Waals surface area contributed by atoms with Gasteiger partial charge in [-0.3, -0.25) is 13.9 Å². The topological polar surface area (TPSA) is 86.8 Å². The van der Waals surface area contributed by atoms with Crippen LogP contribution in [-0.4, -0.2) is 43.8 Å². The number of halogens is 2. The first-order chi connectivity index (χ1) is 19.4. The number of nitrogens with one attached hydrogen (secondary N) is 1. The van der Waals surface area contributed by atoms with E-state index < -0.39 is 28.5 Å². The number of benzene rings is 3. The van der Waals surface area contributed by atoms with Crippen LogP contribution in [0.5, 0.6) is 0 Å². The molecular weight excluding hydrogens is 581 g/mol. The van der Waals surface area contributed by atoms with E-state index in [1.165, 1.54) is 17.0 Å². The molecule has 3 aromatic rings. The van der Waals surface area contributed by atoms with Gasteiger partial charge in [-0.05, 0) is 75.1 Å². The molecule has 0 aliphatic carbocycles. The van der Waals surface area contributed by atoms with Gasteiger partial charge in [0.15, 0.2) is 0 Å². The summed E-state index contributed by atoms with van der Waals surface area (Å²) in [6, 6.07) is 17.3. The minimum absolute atomic E-state index is 0.00657. The predicted octanol–water partition coefficient (Wildman–Crippen LogP) is 6.53. The molecule has 7 nitrogen and oxygen atoms in total. The van der Waals surface area contributed by atoms with Crippen molar-refractivity contribution in [1.29, 1.82) is 0 Å². The van der Waals surface area contributed by atoms with E-state index in [2.05, 4.69) is 5.32 Å². The van der Waals surface area contributed by atoms with Crippen molar-refractivity contribution in [2.45, 2.75) is 71.0 Å². The van der Waals surface area contributed by atoms with Crippen LogP contribution in [0.2, 0.25) is 10.0 Å². The Balaban J connectivity index is 2.11. The second kappa shape index (κ2) is 14.2. The number of sulfonamides is 1. The molecule has 0 radical (unpaired) electrons. The smallest absolute Gasteiger partial charge is 0.264 e. The van der Waals surface area contributed by atoms with Gasteiger partial charge in [0, 0.05) is 22.6 Å². The Labute approximate surface area is 253 Å². The largest absolute Gasteiger partial charge is 0.352 e. The third-order valence-electron chi connectivity index (χ3n) is 6.97. The van der Waals surface area contributed by atoms with Crippen LogP contribution in [-0.2, 0) is 26.2 Å². The number of nitrogens with zero attached hydrogens (tertiary/aromatic N) is 2. The number of hydrogen-bond acceptors (Lipinski definition) is 4. The van der Waals surface area contributed by atoms with Gasteiger partial charge >= 0.3 is 0 Å². The molecule has 0 aliphatic heterocycles. The lowest BCUT2D eigenvalue weighted by Gasteiger charge is -2.34. The molecule has 0 saturated carbocycles. The second-order valence-electron chi connectivity index (χ2n) is 10.1. The van der Waals surface area contributed by atoms with Crippen LogP contribution in [0, 0.1) is 13.8 Å². The van der Waals surface area contributed by atoms with E-state index in [0.717, 1.165) is 16.3 Å². The molecule has 0 aromatic heterocycles. The molecule has 2 amide bonds. The third kappa shape index (κ3) is 8.03. The number of carbonyl (C=O) groups excluding carboxylic acids is 2. The maximum absolute atomic E-state index is 14.2. The molecule has 10 heteroatoms. The van der Waals surface area contributed by atoms with E-state index >= 15 is 0 Å². The Morgan fingerprint density at radius 1 is 0.927 bits per heavy atom. The average Bonchev–Trinajstić information content (AvgIpc) is 2.93. The van der Waals surface area contributed by atoms with Gasteiger partial charge < -0.3 is 10.2 Å². The van der Waals surface area contributed by atoms with Gasteiger partial charge in [0.25, 0.3) is 10.0 Å². The lowest BCUT2D eigenvalue weighted by Crippen LogP contribution is -2.53. The van der Waals surface area contributed by atoms with E-state index in [1.54, 1.807) is 55.5 Å². The van der Waals surface area contributed by atoms with Crippen molar-refractivity contribution in [3.63, 3.8) is 0 Å². The fraction of sp³-hybridized carbons (Fsp3) is 0.355. The minimum Gasteiger partial charge on any atom is -0.352 e. The van der Waals surface area contributed by atoms with E-state index in [9.17, 15) is 18.0 Å². The second-order valence-corrected chi connectivity index (χ2v) is 12.8. The van der Waals surface area contributed by atoms with Crippen LogP contribution < -0.4 is 9.62 Å². The highest BCUT2D eigenvalue weighted by Gasteiger charge is 2.34. The summed E-state index contributed by atoms with van der Waals surface area (Å²) in [5, 5.41) is 3.74. The molecule has 0 saturated heterocycles. The van der Waals surface area contributed by atoms with Gasteiger partial charge in [-0.25, -0.2) is 8.42 Å². The van der Waals surface area contributed by atoms with Crippen LogP contribution >= 0.6 is 23.2 Å². The molecule has 2 atom stereocenters. The highest BCUT2D eigenvalue weighted by Crippen LogP contribution is 2.29. The van der Waals surface area contributed by atoms with Gasteiger partial charge in [-0.15, -0.1) is 0 Å². The summed E-state index contributed by atoms with van der Waals surface area (Å²) >= 11 is 12.6. The molecule has 41 heavy (non-hydrogen) atoms. The average molecular weight is 619 g/mol. The maximum Gasteiger partial charge on any atom is 0.264 e. The summed E-state index contributed by atoms with van der Waals surface area (Å²) < 4.78 is 29.1. The normalized spacial score (nSPS) is 12.9. The molecule has 2 unspecified atom stereocenters. The monoisotopic (exact) mass is 617 g/mol. The molecule has 1 N–H and O–H groups in total. The van der Waals surface area contributed by atoms with Crippen LogP contribution in [0.15, 0.2) is 71.6 Å². The van der Waals surface area contributed by atoms with Crippen LogP contribution in [0.3, 0.4) is 0 Å². The van der Waals surface area contributed by atoms with E-state index in [1.807, 2.05) is 33.8 Å². The van der Waals surface area contributed by atoms with Crippen molar-refractivity contribution < 1.29 is 18.0 Å². The zero-order chi connectivity index (χ0) is 30.3. The molecule has 0 spiro atoms. The van der Waals surface area contributed by atoms with Crippen LogP contribution in [0.25, 0.3) is 0 Å². The lowest BCUT2D eigenvalue weighted by molar-refractivity contribution is -0.140. The summed E-state index contributed by atoms with van der Waals surface area (Å²) in [6.45, 7) is 8.86. The molecule has 0 aliphatic rings. The SMILES string of the molecule is CCC(C)NC(=O)C(CC)N(Cc1ccc(Cl)cc1Cl)C(=O)CN(c1ccc(C)cc1C)S(=O)(=O)c1ccccc1. The zero-order valence-corrected chi connectivity index (χ0v) is 26.4. The first-order valence-corrected chi connectivity index (χ1v) is 15.8. The molecule has 0 heterocycles. The molecule has 3 aromatic carbocycles. The maximum atomic E-state index is 14.2. The van der Waals surface area contributed by atoms with Crippen molar-refractivity contribution in [3.8, 4) is 0 Å². The van der Waals surface area contributed by atoms with E-state index in [-0.39, 0.29) is 23.4 Å². The van der Waals surface area contributed by atoms with Crippen molar-refractivity contribution in [2.75, 3.05) is 10.8 Å². The van der Waals surface area contributed by atoms with Gasteiger partial charge in [-0.2, -0.15) is 0 Å². The van der Waals surface area contributed by atoms with Crippen LogP contribution in [0.1, 0.15) is 50.3 Å². The number of anilines is 1. The Hall–Kier alpha value is -3.07. The molecular formula is C31H37Cl2N3O4S. The van der Waals surface area contributed by atoms with Gasteiger partial charge in [0.05, 0.1) is 10.6 Å². The standard InChI is InChI=1S/C31H37Cl2N3O4S/c1-6-23(5)34-31(38)28(7-2)35(19-24-14-15-25(32)18-27(24)33)30(37)20-36(29-16-13-21(3)17-22(29)4)41(39,40)26-11-9-8-10-12-26/h8-18,23,28H,6-7,19-20H2,1-5H3,(H,34,38). The summed E-state index contributed by atoms with van der Waals surface area (Å²) in [7, 11) is -4.14. The number of rotatable bonds is 12. The number of amides is 2. The Bertz CT molecular complexity index is 1480. The third-order valence-corrected chi connectivity index (χ3v) is 9.33. The van der Waals surface area contributed by atoms with Crippen molar-refractivity contribution >= 4 is 50.7 Å². The Kier molecular flexibility index (Phi) is 11.2. The molecule has 0 fully saturated rings. The zero-order valence-electron chi connectivity index (χ0n) is 24.0. The Morgan fingerprint density at radius 2 is 1.61 bits per heavy atom. The summed E-state index contributed by atoms with van der Waals surface area (Å²) in [5.41, 5.74) is 2.63. The highest BCUT2D eigenvalue weighted by atomic mass is 35.5. The fourth-order valence-electron chi connectivity index (χ4n) is 4.51. The highest BCUT2D eigenvalue weighted by molar-refractivity contribution is 7.92. The summed E-state index contributed by atoms with van der Waals surface area (Å²) in [4.78, 5) is 29.1.